The van der Waals surface area contributed by atoms with Gasteiger partial charge in [0.15, 0.2) is 11.5 Å². The van der Waals surface area contributed by atoms with E-state index in [1.54, 1.807) is 38.1 Å². The molecule has 0 saturated heterocycles. The normalized spacial score (nSPS) is 11.2. The Morgan fingerprint density at radius 1 is 1.19 bits per heavy atom. The largest absolute Gasteiger partial charge is 0.550 e. The number of carboxylic acid groups (broad SMARTS) is 1. The van der Waals surface area contributed by atoms with E-state index in [1.165, 1.54) is 14.2 Å². The SMILES string of the molecule is COc1ccc(C(=O)N/N=C(/C)c2cc(CCC(=O)[O-])oc2C)cc1OC. The summed E-state index contributed by atoms with van der Waals surface area (Å²) in [5.41, 5.74) is 4.07. The molecule has 1 aromatic carbocycles. The van der Waals surface area contributed by atoms with Gasteiger partial charge in [-0.1, -0.05) is 0 Å². The fraction of sp³-hybridized carbons (Fsp3) is 0.316. The first kappa shape index (κ1) is 20.0. The number of carboxylic acids is 1. The van der Waals surface area contributed by atoms with Gasteiger partial charge < -0.3 is 23.8 Å². The van der Waals surface area contributed by atoms with Crippen molar-refractivity contribution in [2.45, 2.75) is 26.7 Å². The van der Waals surface area contributed by atoms with Crippen LogP contribution in [-0.4, -0.2) is 31.8 Å². The standard InChI is InChI=1S/C19H22N2O6/c1-11(15-10-14(27-12(15)2)6-8-18(22)23)20-21-19(24)13-5-7-16(25-3)17(9-13)26-4/h5,7,9-10H,6,8H2,1-4H3,(H,21,24)(H,22,23)/p-1/b20-11-. The number of hydrogen-bond acceptors (Lipinski definition) is 7. The van der Waals surface area contributed by atoms with Crippen LogP contribution in [0, 0.1) is 6.92 Å². The highest BCUT2D eigenvalue weighted by molar-refractivity contribution is 6.01. The number of carbonyl (C=O) groups excluding carboxylic acids is 2. The second kappa shape index (κ2) is 8.88. The van der Waals surface area contributed by atoms with Crippen LogP contribution in [0.15, 0.2) is 33.8 Å². The third-order valence-corrected chi connectivity index (χ3v) is 3.91. The van der Waals surface area contributed by atoms with Gasteiger partial charge >= 0.3 is 0 Å². The van der Waals surface area contributed by atoms with E-state index in [4.69, 9.17) is 13.9 Å². The number of furan rings is 1. The molecule has 2 aromatic rings. The molecule has 0 aliphatic carbocycles. The summed E-state index contributed by atoms with van der Waals surface area (Å²) in [6, 6.07) is 6.50. The van der Waals surface area contributed by atoms with Crippen molar-refractivity contribution in [1.82, 2.24) is 5.43 Å². The Hall–Kier alpha value is -3.29. The zero-order chi connectivity index (χ0) is 20.0. The first-order valence-corrected chi connectivity index (χ1v) is 8.22. The summed E-state index contributed by atoms with van der Waals surface area (Å²) in [4.78, 5) is 22.9. The predicted octanol–water partition coefficient (Wildman–Crippen LogP) is 1.44. The van der Waals surface area contributed by atoms with Crippen LogP contribution in [-0.2, 0) is 11.2 Å². The maximum absolute atomic E-state index is 12.3. The average Bonchev–Trinajstić information content (AvgIpc) is 3.04. The lowest BCUT2D eigenvalue weighted by molar-refractivity contribution is -0.305. The quantitative estimate of drug-likeness (QED) is 0.553. The molecule has 0 radical (unpaired) electrons. The molecule has 27 heavy (non-hydrogen) atoms. The number of benzene rings is 1. The van der Waals surface area contributed by atoms with E-state index in [0.717, 1.165) is 0 Å². The van der Waals surface area contributed by atoms with Gasteiger partial charge in [0, 0.05) is 23.5 Å². The number of aryl methyl sites for hydroxylation is 2. The number of nitrogens with one attached hydrogen (secondary N) is 1. The van der Waals surface area contributed by atoms with Crippen LogP contribution in [0.2, 0.25) is 0 Å². The molecular weight excluding hydrogens is 352 g/mol. The lowest BCUT2D eigenvalue weighted by Crippen LogP contribution is -2.22. The molecule has 0 aliphatic heterocycles. The number of hydrogen-bond donors (Lipinski definition) is 1. The Balaban J connectivity index is 2.11. The second-order valence-corrected chi connectivity index (χ2v) is 5.76. The number of carbonyl (C=O) groups is 2. The van der Waals surface area contributed by atoms with Gasteiger partial charge in [0.1, 0.15) is 11.5 Å². The van der Waals surface area contributed by atoms with Gasteiger partial charge in [0.2, 0.25) is 0 Å². The van der Waals surface area contributed by atoms with Crippen LogP contribution in [0.3, 0.4) is 0 Å². The van der Waals surface area contributed by atoms with Gasteiger partial charge in [-0.05, 0) is 44.5 Å². The summed E-state index contributed by atoms with van der Waals surface area (Å²) < 4.78 is 15.8. The molecule has 0 unspecified atom stereocenters. The van der Waals surface area contributed by atoms with Gasteiger partial charge in [-0.15, -0.1) is 0 Å². The van der Waals surface area contributed by atoms with Gasteiger partial charge in [-0.25, -0.2) is 5.43 Å². The molecule has 0 bridgehead atoms. The number of methoxy groups -OCH3 is 2. The highest BCUT2D eigenvalue weighted by Crippen LogP contribution is 2.27. The number of ether oxygens (including phenoxy) is 2. The average molecular weight is 373 g/mol. The highest BCUT2D eigenvalue weighted by atomic mass is 16.5. The molecule has 8 nitrogen and oxygen atoms in total. The first-order chi connectivity index (χ1) is 12.8. The number of amides is 1. The summed E-state index contributed by atoms with van der Waals surface area (Å²) in [5.74, 6) is 0.519. The minimum atomic E-state index is -1.14. The lowest BCUT2D eigenvalue weighted by Gasteiger charge is -2.09. The van der Waals surface area contributed by atoms with Crippen molar-refractivity contribution in [2.75, 3.05) is 14.2 Å². The van der Waals surface area contributed by atoms with Crippen LogP contribution in [0.1, 0.15) is 40.8 Å². The van der Waals surface area contributed by atoms with E-state index in [2.05, 4.69) is 10.5 Å². The number of aliphatic carboxylic acids is 1. The molecule has 1 amide bonds. The van der Waals surface area contributed by atoms with E-state index in [9.17, 15) is 14.7 Å². The smallest absolute Gasteiger partial charge is 0.271 e. The number of nitrogens with zero attached hydrogens (tertiary/aromatic N) is 1. The summed E-state index contributed by atoms with van der Waals surface area (Å²) in [6.07, 6.45) is 0.104. The van der Waals surface area contributed by atoms with Crippen molar-refractivity contribution in [3.8, 4) is 11.5 Å². The van der Waals surface area contributed by atoms with Crippen molar-refractivity contribution in [3.63, 3.8) is 0 Å². The van der Waals surface area contributed by atoms with Crippen molar-refractivity contribution in [2.24, 2.45) is 5.10 Å². The van der Waals surface area contributed by atoms with Gasteiger partial charge in [0.05, 0.1) is 19.9 Å². The van der Waals surface area contributed by atoms with E-state index in [-0.39, 0.29) is 12.8 Å². The fourth-order valence-corrected chi connectivity index (χ4v) is 2.49. The van der Waals surface area contributed by atoms with Crippen molar-refractivity contribution in [3.05, 3.63) is 46.9 Å². The number of hydrazone groups is 1. The van der Waals surface area contributed by atoms with Crippen LogP contribution >= 0.6 is 0 Å². The third kappa shape index (κ3) is 5.10. The molecule has 2 rings (SSSR count). The molecule has 1 aromatic heterocycles. The van der Waals surface area contributed by atoms with Crippen LogP contribution in [0.4, 0.5) is 0 Å². The Kier molecular flexibility index (Phi) is 6.59. The van der Waals surface area contributed by atoms with Gasteiger partial charge in [-0.2, -0.15) is 5.10 Å². The molecule has 0 aliphatic rings. The minimum Gasteiger partial charge on any atom is -0.550 e. The molecule has 0 fully saturated rings. The lowest BCUT2D eigenvalue weighted by atomic mass is 10.1. The Labute approximate surface area is 156 Å². The maximum Gasteiger partial charge on any atom is 0.271 e. The van der Waals surface area contributed by atoms with E-state index in [1.807, 2.05) is 0 Å². The van der Waals surface area contributed by atoms with E-state index < -0.39 is 11.9 Å². The zero-order valence-corrected chi connectivity index (χ0v) is 15.6. The molecule has 8 heteroatoms. The molecule has 1 heterocycles. The highest BCUT2D eigenvalue weighted by Gasteiger charge is 2.13. The van der Waals surface area contributed by atoms with Gasteiger partial charge in [-0.3, -0.25) is 4.79 Å². The number of rotatable bonds is 8. The molecule has 0 atom stereocenters. The van der Waals surface area contributed by atoms with Crippen molar-refractivity contribution < 1.29 is 28.6 Å². The molecule has 0 saturated carbocycles. The van der Waals surface area contributed by atoms with Gasteiger partial charge in [0.25, 0.3) is 5.91 Å². The summed E-state index contributed by atoms with van der Waals surface area (Å²) >= 11 is 0. The summed E-state index contributed by atoms with van der Waals surface area (Å²) in [6.45, 7) is 3.46. The minimum absolute atomic E-state index is 0.126. The van der Waals surface area contributed by atoms with Crippen LogP contribution in [0.5, 0.6) is 11.5 Å². The Morgan fingerprint density at radius 3 is 2.52 bits per heavy atom. The molecule has 1 N–H and O–H groups in total. The van der Waals surface area contributed by atoms with Crippen LogP contribution < -0.4 is 20.0 Å². The Morgan fingerprint density at radius 2 is 1.89 bits per heavy atom. The monoisotopic (exact) mass is 373 g/mol. The third-order valence-electron chi connectivity index (χ3n) is 3.91. The van der Waals surface area contributed by atoms with Crippen LogP contribution in [0.25, 0.3) is 0 Å². The van der Waals surface area contributed by atoms with E-state index >= 15 is 0 Å². The van der Waals surface area contributed by atoms with Crippen molar-refractivity contribution >= 4 is 17.6 Å². The zero-order valence-electron chi connectivity index (χ0n) is 15.6. The first-order valence-electron chi connectivity index (χ1n) is 8.22. The van der Waals surface area contributed by atoms with Crippen molar-refractivity contribution in [1.29, 1.82) is 0 Å². The molecule has 144 valence electrons. The summed E-state index contributed by atoms with van der Waals surface area (Å²) in [5, 5.41) is 14.7. The van der Waals surface area contributed by atoms with E-state index in [0.29, 0.717) is 39.9 Å². The molecular formula is C19H21N2O6-. The predicted molar refractivity (Wildman–Crippen MR) is 96.0 cm³/mol. The topological polar surface area (TPSA) is 113 Å². The Bertz CT molecular complexity index is 869. The molecule has 0 spiro atoms. The summed E-state index contributed by atoms with van der Waals surface area (Å²) in [7, 11) is 3.00. The second-order valence-electron chi connectivity index (χ2n) is 5.76. The maximum atomic E-state index is 12.3. The fourth-order valence-electron chi connectivity index (χ4n) is 2.49.